The molecular formula is C17H19BrClNO. The lowest BCUT2D eigenvalue weighted by Crippen LogP contribution is -2.31. The largest absolute Gasteiger partial charge is 0.483 e. The van der Waals surface area contributed by atoms with E-state index in [2.05, 4.69) is 48.0 Å². The third-order valence-electron chi connectivity index (χ3n) is 3.38. The van der Waals surface area contributed by atoms with Gasteiger partial charge in [-0.2, -0.15) is 0 Å². The van der Waals surface area contributed by atoms with Gasteiger partial charge in [0.15, 0.2) is 0 Å². The summed E-state index contributed by atoms with van der Waals surface area (Å²) in [6.07, 6.45) is 0.650. The molecule has 2 nitrogen and oxygen atoms in total. The number of nitrogens with two attached hydrogens (primary N) is 1. The number of hydrogen-bond acceptors (Lipinski definition) is 2. The van der Waals surface area contributed by atoms with Crippen LogP contribution in [-0.4, -0.2) is 6.04 Å². The summed E-state index contributed by atoms with van der Waals surface area (Å²) in [6.45, 7) is 4.13. The van der Waals surface area contributed by atoms with Crippen LogP contribution in [0.1, 0.15) is 30.6 Å². The zero-order valence-electron chi connectivity index (χ0n) is 12.1. The quantitative estimate of drug-likeness (QED) is 0.780. The topological polar surface area (TPSA) is 35.2 Å². The fourth-order valence-electron chi connectivity index (χ4n) is 2.17. The predicted octanol–water partition coefficient (Wildman–Crippen LogP) is 5.27. The van der Waals surface area contributed by atoms with E-state index in [9.17, 15) is 0 Å². The van der Waals surface area contributed by atoms with Crippen LogP contribution in [0, 0.1) is 6.92 Å². The molecule has 4 heteroatoms. The molecule has 0 aromatic heterocycles. The van der Waals surface area contributed by atoms with Crippen molar-refractivity contribution in [2.24, 2.45) is 5.73 Å². The Morgan fingerprint density at radius 3 is 2.62 bits per heavy atom. The second kappa shape index (κ2) is 7.30. The lowest BCUT2D eigenvalue weighted by Gasteiger charge is -2.25. The van der Waals surface area contributed by atoms with Gasteiger partial charge in [-0.05, 0) is 53.0 Å². The molecule has 0 saturated carbocycles. The first-order chi connectivity index (χ1) is 10.0. The van der Waals surface area contributed by atoms with Crippen LogP contribution in [0.5, 0.6) is 5.75 Å². The van der Waals surface area contributed by atoms with Crippen LogP contribution < -0.4 is 10.5 Å². The van der Waals surface area contributed by atoms with E-state index in [-0.39, 0.29) is 12.1 Å². The average molecular weight is 369 g/mol. The Morgan fingerprint density at radius 2 is 2.00 bits per heavy atom. The van der Waals surface area contributed by atoms with Gasteiger partial charge >= 0.3 is 0 Å². The number of halogens is 2. The second-order valence-corrected chi connectivity index (χ2v) is 6.39. The molecule has 2 unspecified atom stereocenters. The van der Waals surface area contributed by atoms with Crippen molar-refractivity contribution in [1.82, 2.24) is 0 Å². The molecule has 0 heterocycles. The van der Waals surface area contributed by atoms with Gasteiger partial charge in [0.25, 0.3) is 0 Å². The molecule has 112 valence electrons. The van der Waals surface area contributed by atoms with E-state index in [1.807, 2.05) is 24.3 Å². The van der Waals surface area contributed by atoms with Crippen molar-refractivity contribution in [3.8, 4) is 5.75 Å². The molecule has 0 saturated heterocycles. The Balaban J connectivity index is 2.33. The van der Waals surface area contributed by atoms with Crippen LogP contribution >= 0.6 is 27.5 Å². The minimum atomic E-state index is -0.188. The van der Waals surface area contributed by atoms with Gasteiger partial charge in [0.05, 0.1) is 4.47 Å². The maximum absolute atomic E-state index is 6.26. The van der Waals surface area contributed by atoms with Gasteiger partial charge in [-0.1, -0.05) is 48.4 Å². The van der Waals surface area contributed by atoms with Crippen LogP contribution in [0.25, 0.3) is 0 Å². The van der Waals surface area contributed by atoms with Gasteiger partial charge in [-0.3, -0.25) is 0 Å². The summed E-state index contributed by atoms with van der Waals surface area (Å²) < 4.78 is 6.99. The molecule has 2 N–H and O–H groups in total. The number of ether oxygens (including phenoxy) is 1. The Hall–Kier alpha value is -1.03. The molecule has 0 radical (unpaired) electrons. The Labute approximate surface area is 139 Å². The summed E-state index contributed by atoms with van der Waals surface area (Å²) in [5.41, 5.74) is 8.54. The summed E-state index contributed by atoms with van der Waals surface area (Å²) in [6, 6.07) is 13.7. The average Bonchev–Trinajstić information content (AvgIpc) is 2.45. The Kier molecular flexibility index (Phi) is 5.68. The Bertz CT molecular complexity index is 617. The first-order valence-corrected chi connectivity index (χ1v) is 8.12. The van der Waals surface area contributed by atoms with Crippen molar-refractivity contribution < 1.29 is 4.74 Å². The summed E-state index contributed by atoms with van der Waals surface area (Å²) in [5, 5.41) is 0.668. The second-order valence-electron chi connectivity index (χ2n) is 5.10. The van der Waals surface area contributed by atoms with Crippen LogP contribution in [0.4, 0.5) is 0 Å². The van der Waals surface area contributed by atoms with Gasteiger partial charge in [0.1, 0.15) is 11.9 Å². The molecule has 0 bridgehead atoms. The molecule has 2 aromatic carbocycles. The van der Waals surface area contributed by atoms with Crippen molar-refractivity contribution >= 4 is 27.5 Å². The molecule has 21 heavy (non-hydrogen) atoms. The molecule has 0 amide bonds. The van der Waals surface area contributed by atoms with Crippen LogP contribution in [0.2, 0.25) is 5.02 Å². The van der Waals surface area contributed by atoms with Gasteiger partial charge < -0.3 is 10.5 Å². The lowest BCUT2D eigenvalue weighted by atomic mass is 9.99. The zero-order chi connectivity index (χ0) is 15.4. The summed E-state index contributed by atoms with van der Waals surface area (Å²) >= 11 is 9.45. The van der Waals surface area contributed by atoms with Crippen molar-refractivity contribution in [1.29, 1.82) is 0 Å². The van der Waals surface area contributed by atoms with Crippen molar-refractivity contribution in [3.63, 3.8) is 0 Å². The highest BCUT2D eigenvalue weighted by Crippen LogP contribution is 2.33. The first kappa shape index (κ1) is 16.3. The first-order valence-electron chi connectivity index (χ1n) is 6.95. The summed E-state index contributed by atoms with van der Waals surface area (Å²) in [5.74, 6) is 0.745. The normalized spacial score (nSPS) is 13.8. The third kappa shape index (κ3) is 4.22. The van der Waals surface area contributed by atoms with E-state index >= 15 is 0 Å². The maximum Gasteiger partial charge on any atom is 0.139 e. The molecule has 0 aliphatic carbocycles. The number of hydrogen-bond donors (Lipinski definition) is 1. The van der Waals surface area contributed by atoms with Crippen LogP contribution in [-0.2, 0) is 0 Å². The molecular weight excluding hydrogens is 350 g/mol. The maximum atomic E-state index is 6.26. The highest BCUT2D eigenvalue weighted by Gasteiger charge is 2.21. The molecule has 2 atom stereocenters. The van der Waals surface area contributed by atoms with E-state index < -0.39 is 0 Å². The number of benzene rings is 2. The molecule has 2 aromatic rings. The van der Waals surface area contributed by atoms with Crippen LogP contribution in [0.3, 0.4) is 0 Å². The fraction of sp³-hybridized carbons (Fsp3) is 0.294. The standard InChI is InChI=1S/C17H19BrClNO/c1-3-15(20)17(12-6-4-5-11(2)9-12)21-16-8-7-13(19)10-14(16)18/h4-10,15,17H,3,20H2,1-2H3. The molecule has 0 aliphatic rings. The van der Waals surface area contributed by atoms with Crippen molar-refractivity contribution in [2.75, 3.05) is 0 Å². The lowest BCUT2D eigenvalue weighted by molar-refractivity contribution is 0.170. The summed E-state index contributed by atoms with van der Waals surface area (Å²) in [4.78, 5) is 0. The molecule has 0 aliphatic heterocycles. The van der Waals surface area contributed by atoms with Crippen molar-refractivity contribution in [3.05, 3.63) is 63.1 Å². The van der Waals surface area contributed by atoms with Gasteiger partial charge in [0, 0.05) is 11.1 Å². The zero-order valence-corrected chi connectivity index (χ0v) is 14.5. The van der Waals surface area contributed by atoms with Crippen LogP contribution in [0.15, 0.2) is 46.9 Å². The number of rotatable bonds is 5. The van der Waals surface area contributed by atoms with E-state index in [1.165, 1.54) is 5.56 Å². The predicted molar refractivity (Wildman–Crippen MR) is 92.0 cm³/mol. The van der Waals surface area contributed by atoms with E-state index in [4.69, 9.17) is 22.1 Å². The van der Waals surface area contributed by atoms with Crippen molar-refractivity contribution in [2.45, 2.75) is 32.4 Å². The van der Waals surface area contributed by atoms with Gasteiger partial charge in [0.2, 0.25) is 0 Å². The van der Waals surface area contributed by atoms with E-state index in [0.29, 0.717) is 5.02 Å². The highest BCUT2D eigenvalue weighted by molar-refractivity contribution is 9.10. The van der Waals surface area contributed by atoms with E-state index in [1.54, 1.807) is 0 Å². The minimum absolute atomic E-state index is 0.0746. The Morgan fingerprint density at radius 1 is 1.24 bits per heavy atom. The van der Waals surface area contributed by atoms with E-state index in [0.717, 1.165) is 22.2 Å². The summed E-state index contributed by atoms with van der Waals surface area (Å²) in [7, 11) is 0. The third-order valence-corrected chi connectivity index (χ3v) is 4.23. The molecule has 0 spiro atoms. The van der Waals surface area contributed by atoms with Gasteiger partial charge in [-0.15, -0.1) is 0 Å². The molecule has 0 fully saturated rings. The number of aryl methyl sites for hydroxylation is 1. The smallest absolute Gasteiger partial charge is 0.139 e. The minimum Gasteiger partial charge on any atom is -0.483 e. The van der Waals surface area contributed by atoms with Gasteiger partial charge in [-0.25, -0.2) is 0 Å². The monoisotopic (exact) mass is 367 g/mol. The SMILES string of the molecule is CCC(N)C(Oc1ccc(Cl)cc1Br)c1cccc(C)c1. The molecule has 2 rings (SSSR count). The fourth-order valence-corrected chi connectivity index (χ4v) is 2.95. The highest BCUT2D eigenvalue weighted by atomic mass is 79.9.